The highest BCUT2D eigenvalue weighted by Gasteiger charge is 2.19. The van der Waals surface area contributed by atoms with Gasteiger partial charge in [-0.3, -0.25) is 0 Å². The molecule has 0 radical (unpaired) electrons. The number of fused-ring (bicyclic) bond motifs is 1. The molecule has 1 aliphatic heterocycles. The molecule has 3 aromatic rings. The van der Waals surface area contributed by atoms with E-state index in [1.807, 2.05) is 6.07 Å². The van der Waals surface area contributed by atoms with Crippen molar-refractivity contribution in [3.63, 3.8) is 0 Å². The Hall–Kier alpha value is -2.47. The summed E-state index contributed by atoms with van der Waals surface area (Å²) in [6.45, 7) is 1.54. The van der Waals surface area contributed by atoms with Crippen molar-refractivity contribution < 1.29 is 9.50 Å². The van der Waals surface area contributed by atoms with Crippen molar-refractivity contribution in [3.8, 4) is 11.3 Å². The van der Waals surface area contributed by atoms with Gasteiger partial charge in [0.05, 0.1) is 6.10 Å². The van der Waals surface area contributed by atoms with Gasteiger partial charge in [0.1, 0.15) is 5.82 Å². The van der Waals surface area contributed by atoms with Crippen LogP contribution in [0.1, 0.15) is 12.8 Å². The van der Waals surface area contributed by atoms with Crippen molar-refractivity contribution in [2.24, 2.45) is 0 Å². The Morgan fingerprint density at radius 2 is 1.87 bits per heavy atom. The van der Waals surface area contributed by atoms with Crippen LogP contribution in [0.2, 0.25) is 0 Å². The third-order valence-corrected chi connectivity index (χ3v) is 4.28. The molecular formula is C17H17FN4O. The van der Waals surface area contributed by atoms with Crippen molar-refractivity contribution in [1.82, 2.24) is 15.0 Å². The Labute approximate surface area is 132 Å². The van der Waals surface area contributed by atoms with Crippen LogP contribution in [-0.4, -0.2) is 39.3 Å². The van der Waals surface area contributed by atoms with Crippen LogP contribution >= 0.6 is 0 Å². The fourth-order valence-corrected chi connectivity index (χ4v) is 2.94. The second-order valence-electron chi connectivity index (χ2n) is 5.90. The number of aliphatic hydroxyl groups excluding tert-OH is 1. The van der Waals surface area contributed by atoms with Crippen LogP contribution in [-0.2, 0) is 0 Å². The molecule has 2 N–H and O–H groups in total. The fourth-order valence-electron chi connectivity index (χ4n) is 2.94. The SMILES string of the molecule is OC1CCN(c2ncc(-c3cc4ccc(F)cc4[nH]3)cn2)CC1. The lowest BCUT2D eigenvalue weighted by Gasteiger charge is -2.29. The number of nitrogens with one attached hydrogen (secondary N) is 1. The summed E-state index contributed by atoms with van der Waals surface area (Å²) in [6, 6.07) is 6.64. The molecule has 1 fully saturated rings. The van der Waals surface area contributed by atoms with Gasteiger partial charge in [0.2, 0.25) is 5.95 Å². The van der Waals surface area contributed by atoms with Crippen LogP contribution < -0.4 is 4.90 Å². The van der Waals surface area contributed by atoms with Crippen LogP contribution in [0.15, 0.2) is 36.7 Å². The summed E-state index contributed by atoms with van der Waals surface area (Å²) in [5, 5.41) is 10.5. The minimum atomic E-state index is -0.259. The zero-order chi connectivity index (χ0) is 15.8. The molecule has 0 aliphatic carbocycles. The first-order chi connectivity index (χ1) is 11.2. The zero-order valence-corrected chi connectivity index (χ0v) is 12.5. The number of aliphatic hydroxyl groups is 1. The highest BCUT2D eigenvalue weighted by Crippen LogP contribution is 2.25. The van der Waals surface area contributed by atoms with E-state index in [1.165, 1.54) is 12.1 Å². The van der Waals surface area contributed by atoms with Gasteiger partial charge in [-0.25, -0.2) is 14.4 Å². The van der Waals surface area contributed by atoms with Gasteiger partial charge in [0.15, 0.2) is 0 Å². The van der Waals surface area contributed by atoms with E-state index in [0.29, 0.717) is 5.95 Å². The standard InChI is InChI=1S/C17H17FN4O/c18-13-2-1-11-7-15(21-16(11)8-13)12-9-19-17(20-10-12)22-5-3-14(23)4-6-22/h1-2,7-10,14,21,23H,3-6H2. The van der Waals surface area contributed by atoms with Crippen LogP contribution in [0.4, 0.5) is 10.3 Å². The highest BCUT2D eigenvalue weighted by molar-refractivity contribution is 5.85. The molecule has 0 spiro atoms. The number of nitrogens with zero attached hydrogens (tertiary/aromatic N) is 3. The van der Waals surface area contributed by atoms with Crippen molar-refractivity contribution in [1.29, 1.82) is 0 Å². The molecule has 1 saturated heterocycles. The smallest absolute Gasteiger partial charge is 0.225 e. The van der Waals surface area contributed by atoms with Crippen LogP contribution in [0, 0.1) is 5.82 Å². The number of aromatic amines is 1. The van der Waals surface area contributed by atoms with Gasteiger partial charge in [-0.05, 0) is 37.1 Å². The van der Waals surface area contributed by atoms with Gasteiger partial charge >= 0.3 is 0 Å². The molecule has 6 heteroatoms. The lowest BCUT2D eigenvalue weighted by Crippen LogP contribution is -2.36. The van der Waals surface area contributed by atoms with Crippen molar-refractivity contribution in [2.45, 2.75) is 18.9 Å². The predicted molar refractivity (Wildman–Crippen MR) is 86.7 cm³/mol. The van der Waals surface area contributed by atoms with Gasteiger partial charge in [0.25, 0.3) is 0 Å². The van der Waals surface area contributed by atoms with Crippen LogP contribution in [0.3, 0.4) is 0 Å². The highest BCUT2D eigenvalue weighted by atomic mass is 19.1. The molecule has 0 saturated carbocycles. The molecule has 1 aromatic carbocycles. The first kappa shape index (κ1) is 14.1. The molecule has 5 nitrogen and oxygen atoms in total. The van der Waals surface area contributed by atoms with Crippen molar-refractivity contribution >= 4 is 16.9 Å². The summed E-state index contributed by atoms with van der Waals surface area (Å²) in [5.41, 5.74) is 2.49. The van der Waals surface area contributed by atoms with Crippen LogP contribution in [0.25, 0.3) is 22.2 Å². The fraction of sp³-hybridized carbons (Fsp3) is 0.294. The minimum absolute atomic E-state index is 0.211. The summed E-state index contributed by atoms with van der Waals surface area (Å²) in [5.74, 6) is 0.424. The maximum atomic E-state index is 13.3. The average molecular weight is 312 g/mol. The van der Waals surface area contributed by atoms with E-state index in [4.69, 9.17) is 0 Å². The van der Waals surface area contributed by atoms with E-state index < -0.39 is 0 Å². The van der Waals surface area contributed by atoms with E-state index in [1.54, 1.807) is 18.5 Å². The summed E-state index contributed by atoms with van der Waals surface area (Å²) in [4.78, 5) is 14.1. The van der Waals surface area contributed by atoms with Crippen molar-refractivity contribution in [2.75, 3.05) is 18.0 Å². The molecule has 118 valence electrons. The number of benzene rings is 1. The second kappa shape index (κ2) is 5.62. The topological polar surface area (TPSA) is 65.0 Å². The van der Waals surface area contributed by atoms with E-state index in [0.717, 1.165) is 48.1 Å². The number of aromatic nitrogens is 3. The Morgan fingerprint density at radius 1 is 1.13 bits per heavy atom. The molecule has 0 amide bonds. The molecule has 1 aliphatic rings. The molecule has 0 bridgehead atoms. The van der Waals surface area contributed by atoms with E-state index in [2.05, 4.69) is 19.9 Å². The molecule has 3 heterocycles. The predicted octanol–water partition coefficient (Wildman–Crippen LogP) is 2.73. The number of hydrogen-bond donors (Lipinski definition) is 2. The van der Waals surface area contributed by atoms with E-state index >= 15 is 0 Å². The van der Waals surface area contributed by atoms with Gasteiger partial charge in [-0.1, -0.05) is 0 Å². The van der Waals surface area contributed by atoms with Crippen molar-refractivity contribution in [3.05, 3.63) is 42.5 Å². The molecule has 23 heavy (non-hydrogen) atoms. The maximum Gasteiger partial charge on any atom is 0.225 e. The van der Waals surface area contributed by atoms with Crippen LogP contribution in [0.5, 0.6) is 0 Å². The molecule has 0 atom stereocenters. The normalized spacial score (nSPS) is 16.2. The van der Waals surface area contributed by atoms with Gasteiger partial charge < -0.3 is 15.0 Å². The zero-order valence-electron chi connectivity index (χ0n) is 12.5. The monoisotopic (exact) mass is 312 g/mol. The van der Waals surface area contributed by atoms with E-state index in [-0.39, 0.29) is 11.9 Å². The quantitative estimate of drug-likeness (QED) is 0.763. The summed E-state index contributed by atoms with van der Waals surface area (Å²) < 4.78 is 13.3. The molecule has 0 unspecified atom stereocenters. The molecule has 4 rings (SSSR count). The average Bonchev–Trinajstić information content (AvgIpc) is 2.99. The second-order valence-corrected chi connectivity index (χ2v) is 5.90. The summed E-state index contributed by atoms with van der Waals surface area (Å²) in [6.07, 6.45) is 4.83. The van der Waals surface area contributed by atoms with Gasteiger partial charge in [-0.15, -0.1) is 0 Å². The lowest BCUT2D eigenvalue weighted by molar-refractivity contribution is 0.145. The minimum Gasteiger partial charge on any atom is -0.393 e. The number of hydrogen-bond acceptors (Lipinski definition) is 4. The van der Waals surface area contributed by atoms with E-state index in [9.17, 15) is 9.50 Å². The first-order valence-electron chi connectivity index (χ1n) is 7.73. The third-order valence-electron chi connectivity index (χ3n) is 4.28. The Bertz CT molecular complexity index is 822. The summed E-state index contributed by atoms with van der Waals surface area (Å²) >= 11 is 0. The number of piperidine rings is 1. The Morgan fingerprint density at radius 3 is 2.61 bits per heavy atom. The lowest BCUT2D eigenvalue weighted by atomic mass is 10.1. The number of anilines is 1. The van der Waals surface area contributed by atoms with Gasteiger partial charge in [0, 0.05) is 47.6 Å². The Kier molecular flexibility index (Phi) is 3.46. The number of halogens is 1. The molecule has 2 aromatic heterocycles. The number of rotatable bonds is 2. The molecular weight excluding hydrogens is 295 g/mol. The Balaban J connectivity index is 1.59. The third kappa shape index (κ3) is 2.77. The largest absolute Gasteiger partial charge is 0.393 e. The van der Waals surface area contributed by atoms with Gasteiger partial charge in [-0.2, -0.15) is 0 Å². The summed E-state index contributed by atoms with van der Waals surface area (Å²) in [7, 11) is 0. The first-order valence-corrected chi connectivity index (χ1v) is 7.73. The maximum absolute atomic E-state index is 13.3. The number of H-pyrrole nitrogens is 1.